The smallest absolute Gasteiger partial charge is 0.378 e. The summed E-state index contributed by atoms with van der Waals surface area (Å²) in [4.78, 5) is 190. The van der Waals surface area contributed by atoms with Crippen molar-refractivity contribution in [2.45, 2.75) is 247 Å². The zero-order valence-electron chi connectivity index (χ0n) is 62.4. The molecule has 3 aliphatic heterocycles. The highest BCUT2D eigenvalue weighted by Gasteiger charge is 2.53. The molecule has 4 aliphatic carbocycles. The van der Waals surface area contributed by atoms with Crippen molar-refractivity contribution in [3.63, 3.8) is 0 Å². The van der Waals surface area contributed by atoms with Gasteiger partial charge in [0.15, 0.2) is 0 Å². The third-order valence-electron chi connectivity index (χ3n) is 23.6. The molecule has 11 atom stereocenters. The van der Waals surface area contributed by atoms with Crippen LogP contribution in [-0.4, -0.2) is 282 Å². The number of alkyl halides is 7. The van der Waals surface area contributed by atoms with Crippen molar-refractivity contribution in [1.29, 1.82) is 0 Å². The third kappa shape index (κ3) is 21.2. The van der Waals surface area contributed by atoms with Crippen molar-refractivity contribution >= 4 is 82.5 Å². The maximum absolute atomic E-state index is 15.8. The second kappa shape index (κ2) is 37.3. The van der Waals surface area contributed by atoms with Crippen LogP contribution in [0.3, 0.4) is 0 Å². The Hall–Kier alpha value is -6.53. The van der Waals surface area contributed by atoms with E-state index in [9.17, 15) is 59.9 Å². The number of amides is 12. The first-order chi connectivity index (χ1) is 48.9. The number of likely N-dealkylation sites (N-methyl/N-ethyl adjacent to an activating group) is 7. The molecule has 0 radical (unpaired) electrons. The molecule has 1 spiro atoms. The number of nitrogens with zero attached hydrogens (tertiary/aromatic N) is 9. The predicted molar refractivity (Wildman–Crippen MR) is 372 cm³/mol. The molecule has 32 heteroatoms. The molecular formula is C72H113ClF6N12O13. The molecule has 12 amide bonds. The molecule has 3 saturated heterocycles. The molecule has 7 aliphatic rings. The van der Waals surface area contributed by atoms with Crippen LogP contribution in [0.2, 0.25) is 0 Å². The van der Waals surface area contributed by atoms with Crippen LogP contribution < -0.4 is 16.0 Å². The van der Waals surface area contributed by atoms with E-state index in [1.54, 1.807) is 20.8 Å². The van der Waals surface area contributed by atoms with Gasteiger partial charge in [-0.2, -0.15) is 26.3 Å². The minimum Gasteiger partial charge on any atom is -0.378 e. The van der Waals surface area contributed by atoms with Gasteiger partial charge in [0.05, 0.1) is 51.1 Å². The quantitative estimate of drug-likeness (QED) is 0.161. The van der Waals surface area contributed by atoms with E-state index in [2.05, 4.69) is 16.0 Å². The van der Waals surface area contributed by atoms with Gasteiger partial charge >= 0.3 is 12.4 Å². The van der Waals surface area contributed by atoms with Crippen molar-refractivity contribution < 1.29 is 88.6 Å². The van der Waals surface area contributed by atoms with Gasteiger partial charge in [0.2, 0.25) is 70.9 Å². The average Bonchev–Trinajstić information content (AvgIpc) is 1.47. The summed E-state index contributed by atoms with van der Waals surface area (Å²) in [5.74, 6) is -13.9. The van der Waals surface area contributed by atoms with Crippen LogP contribution in [0.25, 0.3) is 0 Å². The van der Waals surface area contributed by atoms with Crippen LogP contribution >= 0.6 is 11.6 Å². The molecule has 0 bridgehead atoms. The van der Waals surface area contributed by atoms with Gasteiger partial charge in [0.1, 0.15) is 47.8 Å². The largest absolute Gasteiger partial charge is 0.393 e. The fraction of sp³-hybridized carbons (Fsp3) is 0.833. The Balaban J connectivity index is 1.28. The number of halogens is 7. The lowest BCUT2D eigenvalue weighted by Crippen LogP contribution is -2.65. The molecule has 0 aromatic heterocycles. The maximum Gasteiger partial charge on any atom is 0.393 e. The molecule has 0 aromatic carbocycles. The lowest BCUT2D eigenvalue weighted by molar-refractivity contribution is -0.184. The minimum atomic E-state index is -4.55. The predicted octanol–water partition coefficient (Wildman–Crippen LogP) is 5.87. The molecule has 7 fully saturated rings. The summed E-state index contributed by atoms with van der Waals surface area (Å²) in [6, 6.07) is -9.26. The number of carbonyl (C=O) groups is 12. The van der Waals surface area contributed by atoms with Gasteiger partial charge in [0, 0.05) is 74.3 Å². The number of nitrogens with one attached hydrogen (secondary N) is 3. The highest BCUT2D eigenvalue weighted by molar-refractivity contribution is 6.21. The summed E-state index contributed by atoms with van der Waals surface area (Å²) in [6.45, 7) is 3.88. The standard InChI is InChI=1S/C72H113ClF6N12O13/c1-11-19-52-62(96)81-60(44(3)12-2)67(101)85(6)42-58(94)83(4)43-59(95)87(8)54(39-46-23-27-48(28-24-46)71(74,75)76)65(99)84(5)41-56(92)80-51(30-26-45-25-29-49(50(73)38-45)72(77,78)79)64(98)91-33-18-22-53(91)63(97)82-70(31-16-17-32-70)69(103)89(10)61(47-20-14-13-15-21-47)68(102)88(9)55(40-57(93)86(52)7)66(100)90-34-36-104-37-35-90/h44-55,60-61H,11-43H2,1-10H3,(H,80,92)(H,81,96)(H,82,97)/t44-,45?,46?,48?,49?,50?,51-,52-,53-,54-,55-,60-,61-/m0/s1. The number of morpholine rings is 1. The minimum absolute atomic E-state index is 0.00386. The van der Waals surface area contributed by atoms with Gasteiger partial charge in [0.25, 0.3) is 0 Å². The molecule has 3 N–H and O–H groups in total. The Kier molecular flexibility index (Phi) is 30.4. The number of hydrogen-bond acceptors (Lipinski definition) is 13. The second-order valence-corrected chi connectivity index (χ2v) is 31.3. The van der Waals surface area contributed by atoms with Gasteiger partial charge in [-0.15, -0.1) is 11.6 Å². The Labute approximate surface area is 612 Å². The van der Waals surface area contributed by atoms with Crippen LogP contribution in [0.5, 0.6) is 0 Å². The first-order valence-corrected chi connectivity index (χ1v) is 38.0. The molecule has 3 unspecified atom stereocenters. The average molecular weight is 1500 g/mol. The van der Waals surface area contributed by atoms with E-state index in [4.69, 9.17) is 16.3 Å². The van der Waals surface area contributed by atoms with Gasteiger partial charge < -0.3 is 64.8 Å². The lowest BCUT2D eigenvalue weighted by atomic mass is 9.78. The van der Waals surface area contributed by atoms with Crippen molar-refractivity contribution in [1.82, 2.24) is 60.0 Å². The summed E-state index contributed by atoms with van der Waals surface area (Å²) in [5, 5.41) is 7.36. The summed E-state index contributed by atoms with van der Waals surface area (Å²) in [6.07, 6.45) is -4.68. The van der Waals surface area contributed by atoms with Crippen LogP contribution in [0.1, 0.15) is 181 Å². The van der Waals surface area contributed by atoms with E-state index >= 15 is 24.0 Å². The van der Waals surface area contributed by atoms with E-state index < -0.39 is 198 Å². The fourth-order valence-corrected chi connectivity index (χ4v) is 17.2. The molecule has 25 nitrogen and oxygen atoms in total. The Morgan fingerprint density at radius 3 is 1.79 bits per heavy atom. The van der Waals surface area contributed by atoms with Crippen LogP contribution in [0.15, 0.2) is 0 Å². The molecule has 588 valence electrons. The summed E-state index contributed by atoms with van der Waals surface area (Å²) in [5.41, 5.74) is -1.61. The van der Waals surface area contributed by atoms with Gasteiger partial charge in [-0.25, -0.2) is 0 Å². The first-order valence-electron chi connectivity index (χ1n) is 37.6. The normalized spacial score (nSPS) is 30.8. The summed E-state index contributed by atoms with van der Waals surface area (Å²) in [7, 11) is 9.44. The van der Waals surface area contributed by atoms with Crippen LogP contribution in [0, 0.1) is 35.5 Å². The first kappa shape index (κ1) is 84.7. The van der Waals surface area contributed by atoms with E-state index in [1.165, 1.54) is 73.8 Å². The molecule has 0 aromatic rings. The number of hydrogen-bond donors (Lipinski definition) is 3. The molecule has 7 rings (SSSR count). The zero-order chi connectivity index (χ0) is 76.9. The van der Waals surface area contributed by atoms with Crippen molar-refractivity contribution in [3.8, 4) is 0 Å². The number of carbonyl (C=O) groups excluding carboxylic acids is 12. The van der Waals surface area contributed by atoms with E-state index in [-0.39, 0.29) is 123 Å². The zero-order valence-corrected chi connectivity index (χ0v) is 63.2. The second-order valence-electron chi connectivity index (χ2n) is 30.7. The molecule has 4 saturated carbocycles. The topological polar surface area (TPSA) is 279 Å². The highest BCUT2D eigenvalue weighted by atomic mass is 35.5. The third-order valence-corrected chi connectivity index (χ3v) is 24.0. The number of fused-ring (bicyclic) bond motifs is 1. The number of rotatable bonds is 11. The lowest BCUT2D eigenvalue weighted by Gasteiger charge is -2.43. The van der Waals surface area contributed by atoms with E-state index in [1.807, 2.05) is 0 Å². The maximum atomic E-state index is 15.8. The Morgan fingerprint density at radius 1 is 0.587 bits per heavy atom. The molecule has 3 heterocycles. The highest BCUT2D eigenvalue weighted by Crippen LogP contribution is 2.45. The van der Waals surface area contributed by atoms with E-state index in [0.29, 0.717) is 57.8 Å². The van der Waals surface area contributed by atoms with Gasteiger partial charge in [-0.1, -0.05) is 65.7 Å². The van der Waals surface area contributed by atoms with Crippen LogP contribution in [-0.2, 0) is 62.3 Å². The SMILES string of the molecule is CCC[C@H]1C(=O)N[C@@H]([C@@H](C)CC)C(=O)N(C)CC(=O)N(C)CC(=O)N(C)[C@@H](CC2CCC(C(F)(F)F)CC2)C(=O)N(C)CC(=O)N[C@@H](CCC2CCC(C(F)(F)F)C(Cl)C2)C(=O)N2CCC[C@H]2C(=O)NC2(CCCC2)C(=O)N(C)[C@@H](C2CCCCC2)C(=O)N(C)[C@H](C(=O)N2CCOCC2)CC(=O)N1C. The fourth-order valence-electron chi connectivity index (χ4n) is 16.7. The van der Waals surface area contributed by atoms with Gasteiger partial charge in [-0.05, 0) is 133 Å². The van der Waals surface area contributed by atoms with E-state index in [0.717, 1.165) is 26.0 Å². The van der Waals surface area contributed by atoms with Gasteiger partial charge in [-0.3, -0.25) is 57.5 Å². The summed E-state index contributed by atoms with van der Waals surface area (Å²) < 4.78 is 89.5. The Bertz CT molecular complexity index is 3040. The van der Waals surface area contributed by atoms with Crippen LogP contribution in [0.4, 0.5) is 26.3 Å². The summed E-state index contributed by atoms with van der Waals surface area (Å²) >= 11 is 6.39. The molecular weight excluding hydrogens is 1390 g/mol. The molecule has 104 heavy (non-hydrogen) atoms. The monoisotopic (exact) mass is 1500 g/mol. The van der Waals surface area contributed by atoms with Crippen molar-refractivity contribution in [2.75, 3.05) is 102 Å². The number of ether oxygens (including phenoxy) is 1. The Morgan fingerprint density at radius 2 is 1.19 bits per heavy atom. The van der Waals surface area contributed by atoms with Crippen molar-refractivity contribution in [2.24, 2.45) is 35.5 Å². The van der Waals surface area contributed by atoms with Crippen molar-refractivity contribution in [3.05, 3.63) is 0 Å².